The lowest BCUT2D eigenvalue weighted by atomic mass is 9.97. The Morgan fingerprint density at radius 3 is 2.70 bits per heavy atom. The molecular formula is C16H25N3O4. The van der Waals surface area contributed by atoms with Crippen molar-refractivity contribution in [3.05, 3.63) is 0 Å². The summed E-state index contributed by atoms with van der Waals surface area (Å²) in [6.45, 7) is 5.80. The molecule has 0 aromatic rings. The Kier molecular flexibility index (Phi) is 4.08. The van der Waals surface area contributed by atoms with Gasteiger partial charge in [-0.3, -0.25) is 9.59 Å². The molecule has 128 valence electrons. The number of rotatable bonds is 5. The van der Waals surface area contributed by atoms with Crippen molar-refractivity contribution in [1.82, 2.24) is 16.0 Å². The summed E-state index contributed by atoms with van der Waals surface area (Å²) < 4.78 is 4.79. The standard InChI is InChI=1S/C16H25N3O4/c1-16(2)9-7-18-12(11(9)16)14(21)19-10(15(22)23-3)6-8-4-5-17-13(8)20/h8-12,18H,4-7H2,1-3H3,(H,17,20)(H,19,21)/t8-,9-,10?,11+,12-/m0/s1. The van der Waals surface area contributed by atoms with E-state index in [9.17, 15) is 14.4 Å². The van der Waals surface area contributed by atoms with E-state index in [0.29, 0.717) is 24.8 Å². The molecule has 0 bridgehead atoms. The quantitative estimate of drug-likeness (QED) is 0.588. The van der Waals surface area contributed by atoms with E-state index < -0.39 is 12.0 Å². The molecule has 3 fully saturated rings. The third kappa shape index (κ3) is 2.82. The van der Waals surface area contributed by atoms with E-state index in [-0.39, 0.29) is 35.6 Å². The summed E-state index contributed by atoms with van der Waals surface area (Å²) in [7, 11) is 1.30. The number of nitrogens with one attached hydrogen (secondary N) is 3. The van der Waals surface area contributed by atoms with Gasteiger partial charge in [0.25, 0.3) is 0 Å². The lowest BCUT2D eigenvalue weighted by Gasteiger charge is -2.23. The van der Waals surface area contributed by atoms with E-state index >= 15 is 0 Å². The molecule has 0 aromatic carbocycles. The predicted molar refractivity (Wildman–Crippen MR) is 82.2 cm³/mol. The van der Waals surface area contributed by atoms with Gasteiger partial charge in [0.2, 0.25) is 11.8 Å². The second kappa shape index (κ2) is 5.78. The summed E-state index contributed by atoms with van der Waals surface area (Å²) in [5, 5.41) is 8.78. The first-order valence-electron chi connectivity index (χ1n) is 8.25. The SMILES string of the molecule is COC(=O)C(C[C@@H]1CCNC1=O)NC(=O)[C@H]1NC[C@H]2[C@H]1C2(C)C. The Morgan fingerprint density at radius 2 is 2.17 bits per heavy atom. The van der Waals surface area contributed by atoms with Crippen LogP contribution in [0.15, 0.2) is 0 Å². The number of methoxy groups -OCH3 is 1. The number of hydrogen-bond donors (Lipinski definition) is 3. The maximum Gasteiger partial charge on any atom is 0.328 e. The molecule has 2 amide bonds. The average molecular weight is 323 g/mol. The molecule has 3 rings (SSSR count). The molecule has 0 aromatic heterocycles. The van der Waals surface area contributed by atoms with Crippen molar-refractivity contribution in [2.24, 2.45) is 23.2 Å². The molecule has 7 heteroatoms. The van der Waals surface area contributed by atoms with Crippen LogP contribution in [0.2, 0.25) is 0 Å². The van der Waals surface area contributed by atoms with E-state index in [2.05, 4.69) is 29.8 Å². The predicted octanol–water partition coefficient (Wildman–Crippen LogP) is -0.586. The van der Waals surface area contributed by atoms with Crippen molar-refractivity contribution < 1.29 is 19.1 Å². The summed E-state index contributed by atoms with van der Waals surface area (Å²) in [4.78, 5) is 36.3. The smallest absolute Gasteiger partial charge is 0.328 e. The fraction of sp³-hybridized carbons (Fsp3) is 0.812. The number of hydrogen-bond acceptors (Lipinski definition) is 5. The van der Waals surface area contributed by atoms with Crippen LogP contribution in [-0.4, -0.2) is 50.1 Å². The maximum absolute atomic E-state index is 12.6. The van der Waals surface area contributed by atoms with Gasteiger partial charge >= 0.3 is 5.97 Å². The Balaban J connectivity index is 1.63. The molecule has 0 spiro atoms. The lowest BCUT2D eigenvalue weighted by molar-refractivity contribution is -0.146. The fourth-order valence-electron chi connectivity index (χ4n) is 4.25. The number of fused-ring (bicyclic) bond motifs is 1. The summed E-state index contributed by atoms with van der Waals surface area (Å²) in [6, 6.07) is -1.04. The van der Waals surface area contributed by atoms with Crippen LogP contribution in [0.25, 0.3) is 0 Å². The highest BCUT2D eigenvalue weighted by atomic mass is 16.5. The normalized spacial score (nSPS) is 35.2. The first-order chi connectivity index (χ1) is 10.9. The minimum absolute atomic E-state index is 0.0597. The average Bonchev–Trinajstić information content (AvgIpc) is 2.94. The topological polar surface area (TPSA) is 96.5 Å². The summed E-state index contributed by atoms with van der Waals surface area (Å²) in [5.74, 6) is -0.137. The Morgan fingerprint density at radius 1 is 1.43 bits per heavy atom. The zero-order valence-electron chi connectivity index (χ0n) is 13.8. The van der Waals surface area contributed by atoms with Crippen molar-refractivity contribution >= 4 is 17.8 Å². The largest absolute Gasteiger partial charge is 0.467 e. The fourth-order valence-corrected chi connectivity index (χ4v) is 4.25. The summed E-state index contributed by atoms with van der Waals surface area (Å²) in [6.07, 6.45) is 0.968. The van der Waals surface area contributed by atoms with Gasteiger partial charge in [0.1, 0.15) is 6.04 Å². The zero-order chi connectivity index (χ0) is 16.8. The Bertz CT molecular complexity index is 533. The second-order valence-electron chi connectivity index (χ2n) is 7.44. The Labute approximate surface area is 135 Å². The molecule has 1 unspecified atom stereocenters. The van der Waals surface area contributed by atoms with Crippen molar-refractivity contribution in [3.8, 4) is 0 Å². The highest BCUT2D eigenvalue weighted by Gasteiger charge is 2.65. The van der Waals surface area contributed by atoms with Crippen LogP contribution >= 0.6 is 0 Å². The van der Waals surface area contributed by atoms with Gasteiger partial charge in [0, 0.05) is 12.5 Å². The molecule has 1 aliphatic carbocycles. The van der Waals surface area contributed by atoms with Gasteiger partial charge in [-0.25, -0.2) is 4.79 Å². The van der Waals surface area contributed by atoms with Crippen LogP contribution in [0.1, 0.15) is 26.7 Å². The van der Waals surface area contributed by atoms with Crippen molar-refractivity contribution in [2.45, 2.75) is 38.8 Å². The van der Waals surface area contributed by atoms with Gasteiger partial charge < -0.3 is 20.7 Å². The van der Waals surface area contributed by atoms with E-state index in [1.807, 2.05) is 0 Å². The minimum Gasteiger partial charge on any atom is -0.467 e. The lowest BCUT2D eigenvalue weighted by Crippen LogP contribution is -2.51. The molecule has 5 atom stereocenters. The number of carbonyl (C=O) groups excluding carboxylic acids is 3. The van der Waals surface area contributed by atoms with Gasteiger partial charge in [0.05, 0.1) is 13.2 Å². The highest BCUT2D eigenvalue weighted by Crippen LogP contribution is 2.62. The second-order valence-corrected chi connectivity index (χ2v) is 7.44. The third-order valence-electron chi connectivity index (χ3n) is 5.82. The van der Waals surface area contributed by atoms with E-state index in [1.165, 1.54) is 7.11 Å². The van der Waals surface area contributed by atoms with Gasteiger partial charge in [-0.1, -0.05) is 13.8 Å². The maximum atomic E-state index is 12.6. The third-order valence-corrected chi connectivity index (χ3v) is 5.82. The van der Waals surface area contributed by atoms with Crippen molar-refractivity contribution in [1.29, 1.82) is 0 Å². The monoisotopic (exact) mass is 323 g/mol. The first kappa shape index (κ1) is 16.2. The van der Waals surface area contributed by atoms with Crippen LogP contribution in [0.4, 0.5) is 0 Å². The van der Waals surface area contributed by atoms with Crippen molar-refractivity contribution in [3.63, 3.8) is 0 Å². The van der Waals surface area contributed by atoms with E-state index in [1.54, 1.807) is 0 Å². The molecule has 2 saturated heterocycles. The summed E-state index contributed by atoms with van der Waals surface area (Å²) in [5.41, 5.74) is 0.180. The molecule has 2 heterocycles. The highest BCUT2D eigenvalue weighted by molar-refractivity contribution is 5.89. The molecule has 1 saturated carbocycles. The van der Waals surface area contributed by atoms with Crippen LogP contribution < -0.4 is 16.0 Å². The van der Waals surface area contributed by atoms with Crippen LogP contribution in [-0.2, 0) is 19.1 Å². The first-order valence-corrected chi connectivity index (χ1v) is 8.25. The van der Waals surface area contributed by atoms with Gasteiger partial charge in [-0.05, 0) is 36.6 Å². The molecular weight excluding hydrogens is 298 g/mol. The van der Waals surface area contributed by atoms with E-state index in [4.69, 9.17) is 4.74 Å². The molecule has 23 heavy (non-hydrogen) atoms. The van der Waals surface area contributed by atoms with Crippen molar-refractivity contribution in [2.75, 3.05) is 20.2 Å². The molecule has 0 radical (unpaired) electrons. The van der Waals surface area contributed by atoms with Gasteiger partial charge in [-0.15, -0.1) is 0 Å². The van der Waals surface area contributed by atoms with Gasteiger partial charge in [0.15, 0.2) is 0 Å². The zero-order valence-corrected chi connectivity index (χ0v) is 13.8. The Hall–Kier alpha value is -1.63. The van der Waals surface area contributed by atoms with Crippen LogP contribution in [0.5, 0.6) is 0 Å². The van der Waals surface area contributed by atoms with Crippen LogP contribution in [0.3, 0.4) is 0 Å². The molecule has 3 N–H and O–H groups in total. The minimum atomic E-state index is -0.774. The van der Waals surface area contributed by atoms with E-state index in [0.717, 1.165) is 6.54 Å². The molecule has 3 aliphatic rings. The number of piperidine rings is 1. The molecule has 2 aliphatic heterocycles. The summed E-state index contributed by atoms with van der Waals surface area (Å²) >= 11 is 0. The number of esters is 1. The number of carbonyl (C=O) groups is 3. The number of ether oxygens (including phenoxy) is 1. The van der Waals surface area contributed by atoms with Gasteiger partial charge in [-0.2, -0.15) is 0 Å². The molecule has 7 nitrogen and oxygen atoms in total. The number of amides is 2. The van der Waals surface area contributed by atoms with Crippen LogP contribution in [0, 0.1) is 23.2 Å².